The first kappa shape index (κ1) is 34.8. The molecule has 0 aliphatic heterocycles. The van der Waals surface area contributed by atoms with Crippen LogP contribution >= 0.6 is 12.6 Å². The van der Waals surface area contributed by atoms with Gasteiger partial charge in [0.25, 0.3) is 0 Å². The summed E-state index contributed by atoms with van der Waals surface area (Å²) in [5.41, 5.74) is -1.28. The molecular weight excluding hydrogens is 517 g/mol. The molecule has 0 spiro atoms. The standard InChI is InChI=1S/C14H20N4.C9H28Si4.C2H6OS/c15-11-13(7-3-1-4-8-13)17-18-14(12-16)9-5-2-6-10-14;1-11(2,3)10(12(4,5)6)13(7,8)9;3-1-2-4/h1-10H2;10H,1-9H3;3-4H,1-2H2. The van der Waals surface area contributed by atoms with E-state index < -0.39 is 33.9 Å². The van der Waals surface area contributed by atoms with Crippen LogP contribution in [0.2, 0.25) is 58.9 Å². The molecule has 0 amide bonds. The van der Waals surface area contributed by atoms with Gasteiger partial charge in [0.15, 0.2) is 11.1 Å². The number of azo groups is 1. The fourth-order valence-electron chi connectivity index (χ4n) is 6.83. The lowest BCUT2D eigenvalue weighted by molar-refractivity contribution is 0.310. The third kappa shape index (κ3) is 12.7. The second-order valence-corrected chi connectivity index (χ2v) is 55.1. The largest absolute Gasteiger partial charge is 0.396 e. The molecule has 35 heavy (non-hydrogen) atoms. The Morgan fingerprint density at radius 2 is 0.943 bits per heavy atom. The Morgan fingerprint density at radius 3 is 1.09 bits per heavy atom. The minimum absolute atomic E-state index is 0.184. The van der Waals surface area contributed by atoms with E-state index in [1.54, 1.807) is 0 Å². The highest BCUT2D eigenvalue weighted by molar-refractivity contribution is 7.81. The second-order valence-electron chi connectivity index (χ2n) is 13.6. The molecule has 2 aliphatic carbocycles. The minimum Gasteiger partial charge on any atom is -0.396 e. The molecule has 2 saturated carbocycles. The maximum Gasteiger partial charge on any atom is 0.167 e. The fourth-order valence-corrected chi connectivity index (χ4v) is 108. The number of aliphatic hydroxyl groups excluding tert-OH is 1. The Balaban J connectivity index is 0.000000598. The van der Waals surface area contributed by atoms with E-state index in [1.807, 2.05) is 0 Å². The molecule has 0 aromatic rings. The highest BCUT2D eigenvalue weighted by Crippen LogP contribution is 2.36. The molecule has 1 N–H and O–H groups in total. The highest BCUT2D eigenvalue weighted by Gasteiger charge is 2.46. The van der Waals surface area contributed by atoms with Crippen molar-refractivity contribution >= 4 is 42.8 Å². The maximum absolute atomic E-state index is 9.34. The molecule has 202 valence electrons. The first-order valence-corrected chi connectivity index (χ1v) is 30.1. The predicted octanol–water partition coefficient (Wildman–Crippen LogP) is 7.26. The minimum atomic E-state index is -0.795. The van der Waals surface area contributed by atoms with Gasteiger partial charge >= 0.3 is 0 Å². The predicted molar refractivity (Wildman–Crippen MR) is 166 cm³/mol. The molecule has 0 heterocycles. The van der Waals surface area contributed by atoms with Gasteiger partial charge in [-0.2, -0.15) is 33.4 Å². The summed E-state index contributed by atoms with van der Waals surface area (Å²) in [6.07, 6.45) is 9.76. The Labute approximate surface area is 226 Å². The van der Waals surface area contributed by atoms with Gasteiger partial charge in [-0.1, -0.05) is 71.8 Å². The van der Waals surface area contributed by atoms with Crippen LogP contribution in [-0.2, 0) is 0 Å². The smallest absolute Gasteiger partial charge is 0.167 e. The van der Waals surface area contributed by atoms with Crippen molar-refractivity contribution in [2.75, 3.05) is 12.4 Å². The van der Waals surface area contributed by atoms with Gasteiger partial charge in [-0.15, -0.1) is 0 Å². The van der Waals surface area contributed by atoms with Crippen LogP contribution in [0.15, 0.2) is 10.2 Å². The summed E-state index contributed by atoms with van der Waals surface area (Å²) in [4.78, 5) is 0. The van der Waals surface area contributed by atoms with E-state index >= 15 is 0 Å². The van der Waals surface area contributed by atoms with Crippen LogP contribution in [0.5, 0.6) is 0 Å². The van der Waals surface area contributed by atoms with Crippen LogP contribution in [0.4, 0.5) is 0 Å². The third-order valence-corrected chi connectivity index (χ3v) is 74.7. The van der Waals surface area contributed by atoms with Crippen molar-refractivity contribution in [2.45, 2.75) is 134 Å². The van der Waals surface area contributed by atoms with Gasteiger partial charge in [0.05, 0.1) is 18.7 Å². The van der Waals surface area contributed by atoms with E-state index in [2.05, 4.69) is 93.9 Å². The molecular formula is C25H54N4OSSi4. The topological polar surface area (TPSA) is 92.5 Å². The van der Waals surface area contributed by atoms with Gasteiger partial charge in [-0.05, 0) is 51.4 Å². The number of rotatable bonds is 6. The summed E-state index contributed by atoms with van der Waals surface area (Å²) < 4.78 is 0. The quantitative estimate of drug-likeness (QED) is 0.200. The van der Waals surface area contributed by atoms with Crippen molar-refractivity contribution in [2.24, 2.45) is 10.2 Å². The lowest BCUT2D eigenvalue weighted by atomic mass is 9.82. The zero-order valence-electron chi connectivity index (χ0n) is 24.2. The summed E-state index contributed by atoms with van der Waals surface area (Å²) in [5.74, 6) is 0.569. The van der Waals surface area contributed by atoms with E-state index in [0.717, 1.165) is 51.4 Å². The van der Waals surface area contributed by atoms with Gasteiger partial charge in [0.2, 0.25) is 0 Å². The SMILES string of the molecule is C[Si](C)(C)[SiH]([Si](C)(C)C)[Si](C)(C)C.N#CC1(N=NC2(C#N)CCCCC2)CCCCC1.OCCS. The van der Waals surface area contributed by atoms with Crippen LogP contribution in [0, 0.1) is 22.7 Å². The zero-order chi connectivity index (χ0) is 27.4. The van der Waals surface area contributed by atoms with Gasteiger partial charge in [0, 0.05) is 35.9 Å². The normalized spacial score (nSPS) is 20.1. The van der Waals surface area contributed by atoms with E-state index in [-0.39, 0.29) is 14.0 Å². The number of hydrogen-bond donors (Lipinski definition) is 2. The Kier molecular flexibility index (Phi) is 15.1. The van der Waals surface area contributed by atoms with Gasteiger partial charge in [0.1, 0.15) is 0 Å². The zero-order valence-corrected chi connectivity index (χ0v) is 29.3. The first-order chi connectivity index (χ1) is 16.0. The van der Waals surface area contributed by atoms with E-state index in [0.29, 0.717) is 5.75 Å². The van der Waals surface area contributed by atoms with Crippen molar-refractivity contribution in [1.82, 2.24) is 0 Å². The van der Waals surface area contributed by atoms with Gasteiger partial charge in [-0.3, -0.25) is 0 Å². The monoisotopic (exact) mass is 570 g/mol. The second kappa shape index (κ2) is 15.2. The molecule has 0 unspecified atom stereocenters. The molecule has 2 aliphatic rings. The van der Waals surface area contributed by atoms with Gasteiger partial charge in [-0.25, -0.2) is 0 Å². The molecule has 0 saturated heterocycles. The van der Waals surface area contributed by atoms with Crippen molar-refractivity contribution in [1.29, 1.82) is 10.5 Å². The lowest BCUT2D eigenvalue weighted by Gasteiger charge is -2.45. The summed E-state index contributed by atoms with van der Waals surface area (Å²) in [6, 6.07) is 4.66. The van der Waals surface area contributed by atoms with E-state index in [9.17, 15) is 10.5 Å². The molecule has 0 atom stereocenters. The maximum atomic E-state index is 9.34. The number of nitriles is 2. The third-order valence-electron chi connectivity index (χ3n) is 6.91. The molecule has 0 radical (unpaired) electrons. The van der Waals surface area contributed by atoms with Crippen LogP contribution in [0.25, 0.3) is 0 Å². The summed E-state index contributed by atoms with van der Waals surface area (Å²) in [7, 11) is -2.77. The molecule has 0 bridgehead atoms. The molecule has 10 heteroatoms. The molecule has 0 aromatic carbocycles. The summed E-state index contributed by atoms with van der Waals surface area (Å²) >= 11 is 3.67. The summed E-state index contributed by atoms with van der Waals surface area (Å²) in [6.45, 7) is 23.8. The van der Waals surface area contributed by atoms with Crippen LogP contribution in [0.1, 0.15) is 64.2 Å². The molecule has 5 nitrogen and oxygen atoms in total. The molecule has 0 aromatic heterocycles. The van der Waals surface area contributed by atoms with Crippen molar-refractivity contribution in [3.8, 4) is 12.1 Å². The first-order valence-electron chi connectivity index (χ1n) is 13.5. The number of thiol groups is 1. The van der Waals surface area contributed by atoms with Gasteiger partial charge < -0.3 is 5.11 Å². The van der Waals surface area contributed by atoms with Crippen LogP contribution in [0.3, 0.4) is 0 Å². The Hall–Kier alpha value is -0.242. The van der Waals surface area contributed by atoms with Crippen molar-refractivity contribution in [3.63, 3.8) is 0 Å². The number of aliphatic hydroxyl groups is 1. The van der Waals surface area contributed by atoms with Crippen molar-refractivity contribution in [3.05, 3.63) is 0 Å². The van der Waals surface area contributed by atoms with E-state index in [4.69, 9.17) is 5.11 Å². The average Bonchev–Trinajstić information content (AvgIpc) is 2.76. The lowest BCUT2D eigenvalue weighted by Crippen LogP contribution is -2.70. The summed E-state index contributed by atoms with van der Waals surface area (Å²) in [5, 5.41) is 35.2. The number of nitrogens with zero attached hydrogens (tertiary/aromatic N) is 4. The fraction of sp³-hybridized carbons (Fsp3) is 0.920. The number of hydrogen-bond acceptors (Lipinski definition) is 6. The van der Waals surface area contributed by atoms with Crippen molar-refractivity contribution < 1.29 is 5.11 Å². The van der Waals surface area contributed by atoms with Crippen LogP contribution < -0.4 is 0 Å². The average molecular weight is 571 g/mol. The Bertz CT molecular complexity index is 645. The molecule has 2 fully saturated rings. The Morgan fingerprint density at radius 1 is 0.686 bits per heavy atom. The molecule has 2 rings (SSSR count). The highest BCUT2D eigenvalue weighted by atomic mass is 32.1. The van der Waals surface area contributed by atoms with E-state index in [1.165, 1.54) is 12.8 Å². The van der Waals surface area contributed by atoms with Crippen LogP contribution in [-0.4, -0.2) is 58.7 Å².